The first-order chi connectivity index (χ1) is 7.04. The van der Waals surface area contributed by atoms with Crippen LogP contribution in [0.1, 0.15) is 40.0 Å². The molecule has 2 heteroatoms. The van der Waals surface area contributed by atoms with E-state index in [4.69, 9.17) is 0 Å². The molecule has 86 valence electrons. The lowest BCUT2D eigenvalue weighted by molar-refractivity contribution is -0.116. The fraction of sp³-hybridized carbons (Fsp3) is 0.769. The summed E-state index contributed by atoms with van der Waals surface area (Å²) in [5.41, 5.74) is 1.35. The van der Waals surface area contributed by atoms with E-state index in [1.807, 2.05) is 6.08 Å². The first-order valence-electron chi connectivity index (χ1n) is 5.96. The van der Waals surface area contributed by atoms with Crippen molar-refractivity contribution in [3.8, 4) is 0 Å². The molecule has 2 unspecified atom stereocenters. The molecule has 15 heavy (non-hydrogen) atoms. The normalized spacial score (nSPS) is 29.5. The zero-order valence-electron chi connectivity index (χ0n) is 10.3. The van der Waals surface area contributed by atoms with Gasteiger partial charge in [0.1, 0.15) is 0 Å². The van der Waals surface area contributed by atoms with E-state index in [2.05, 4.69) is 26.1 Å². The van der Waals surface area contributed by atoms with Gasteiger partial charge in [0, 0.05) is 13.1 Å². The number of carbonyl (C=O) groups excluding carboxylic acids is 1. The minimum absolute atomic E-state index is 0.0461. The Morgan fingerprint density at radius 2 is 2.13 bits per heavy atom. The summed E-state index contributed by atoms with van der Waals surface area (Å²) in [5, 5.41) is 2.67. The zero-order valence-corrected chi connectivity index (χ0v) is 10.3. The maximum absolute atomic E-state index is 11.4. The third kappa shape index (κ3) is 3.37. The highest BCUT2D eigenvalue weighted by molar-refractivity contribution is 5.88. The summed E-state index contributed by atoms with van der Waals surface area (Å²) in [4.78, 5) is 11.4. The number of hydrogen-bond donors (Lipinski definition) is 1. The van der Waals surface area contributed by atoms with Crippen molar-refractivity contribution >= 4 is 5.91 Å². The Hall–Kier alpha value is -0.790. The van der Waals surface area contributed by atoms with Crippen LogP contribution in [0.2, 0.25) is 0 Å². The van der Waals surface area contributed by atoms with Crippen molar-refractivity contribution in [1.82, 2.24) is 5.32 Å². The van der Waals surface area contributed by atoms with Crippen LogP contribution in [-0.2, 0) is 4.79 Å². The molecule has 1 aliphatic rings. The second kappa shape index (κ2) is 5.34. The largest absolute Gasteiger partial charge is 0.356 e. The summed E-state index contributed by atoms with van der Waals surface area (Å²) in [6, 6.07) is 0. The molecule has 0 aromatic carbocycles. The van der Waals surface area contributed by atoms with Gasteiger partial charge in [0.15, 0.2) is 0 Å². The van der Waals surface area contributed by atoms with E-state index >= 15 is 0 Å². The third-order valence-electron chi connectivity index (χ3n) is 3.40. The van der Waals surface area contributed by atoms with Crippen molar-refractivity contribution in [2.75, 3.05) is 7.05 Å². The van der Waals surface area contributed by atoms with E-state index in [9.17, 15) is 4.79 Å². The van der Waals surface area contributed by atoms with E-state index in [-0.39, 0.29) is 5.91 Å². The fourth-order valence-corrected chi connectivity index (χ4v) is 2.47. The first kappa shape index (κ1) is 12.3. The molecule has 0 heterocycles. The molecular weight excluding hydrogens is 186 g/mol. The van der Waals surface area contributed by atoms with Crippen LogP contribution in [0.3, 0.4) is 0 Å². The predicted molar refractivity (Wildman–Crippen MR) is 63.5 cm³/mol. The lowest BCUT2D eigenvalue weighted by atomic mass is 9.74. The molecule has 2 atom stereocenters. The van der Waals surface area contributed by atoms with Crippen LogP contribution in [0.15, 0.2) is 11.6 Å². The molecule has 0 aliphatic heterocycles. The van der Waals surface area contributed by atoms with E-state index in [1.54, 1.807) is 7.05 Å². The smallest absolute Gasteiger partial charge is 0.243 e. The van der Waals surface area contributed by atoms with Gasteiger partial charge in [0.05, 0.1) is 0 Å². The Bertz CT molecular complexity index is 255. The van der Waals surface area contributed by atoms with Gasteiger partial charge in [-0.1, -0.05) is 26.3 Å². The zero-order chi connectivity index (χ0) is 11.4. The highest BCUT2D eigenvalue weighted by Gasteiger charge is 2.25. The number of hydrogen-bond acceptors (Lipinski definition) is 1. The van der Waals surface area contributed by atoms with Crippen LogP contribution >= 0.6 is 0 Å². The van der Waals surface area contributed by atoms with Gasteiger partial charge in [-0.25, -0.2) is 0 Å². The van der Waals surface area contributed by atoms with E-state index in [0.717, 1.165) is 12.3 Å². The second-order valence-corrected chi connectivity index (χ2v) is 5.07. The van der Waals surface area contributed by atoms with Crippen molar-refractivity contribution in [2.24, 2.45) is 17.8 Å². The van der Waals surface area contributed by atoms with Crippen molar-refractivity contribution < 1.29 is 4.79 Å². The van der Waals surface area contributed by atoms with Gasteiger partial charge in [0.2, 0.25) is 5.91 Å². The SMILES string of the molecule is CNC(=O)/C=C1\CC(C)CCC1C(C)C. The van der Waals surface area contributed by atoms with Crippen molar-refractivity contribution in [1.29, 1.82) is 0 Å². The number of likely N-dealkylation sites (N-methyl/N-ethyl adjacent to an activating group) is 1. The van der Waals surface area contributed by atoms with Crippen molar-refractivity contribution in [3.63, 3.8) is 0 Å². The predicted octanol–water partition coefficient (Wildman–Crippen LogP) is 2.75. The lowest BCUT2D eigenvalue weighted by Gasteiger charge is -2.32. The monoisotopic (exact) mass is 209 g/mol. The molecule has 1 N–H and O–H groups in total. The van der Waals surface area contributed by atoms with E-state index in [0.29, 0.717) is 11.8 Å². The molecule has 0 radical (unpaired) electrons. The summed E-state index contributed by atoms with van der Waals surface area (Å²) in [7, 11) is 1.69. The Morgan fingerprint density at radius 3 is 2.67 bits per heavy atom. The summed E-state index contributed by atoms with van der Waals surface area (Å²) < 4.78 is 0. The summed E-state index contributed by atoms with van der Waals surface area (Å²) in [6.45, 7) is 6.77. The molecule has 1 rings (SSSR count). The maximum Gasteiger partial charge on any atom is 0.243 e. The Morgan fingerprint density at radius 1 is 1.47 bits per heavy atom. The van der Waals surface area contributed by atoms with Crippen molar-refractivity contribution in [3.05, 3.63) is 11.6 Å². The topological polar surface area (TPSA) is 29.1 Å². The van der Waals surface area contributed by atoms with Gasteiger partial charge in [-0.05, 0) is 37.0 Å². The summed E-state index contributed by atoms with van der Waals surface area (Å²) in [5.74, 6) is 2.03. The maximum atomic E-state index is 11.4. The molecule has 1 aliphatic carbocycles. The Balaban J connectivity index is 2.78. The summed E-state index contributed by atoms with van der Waals surface area (Å²) in [6.07, 6.45) is 5.45. The van der Waals surface area contributed by atoms with Gasteiger partial charge in [-0.15, -0.1) is 0 Å². The average molecular weight is 209 g/mol. The van der Waals surface area contributed by atoms with Crippen LogP contribution in [-0.4, -0.2) is 13.0 Å². The van der Waals surface area contributed by atoms with Gasteiger partial charge < -0.3 is 5.32 Å². The fourth-order valence-electron chi connectivity index (χ4n) is 2.47. The van der Waals surface area contributed by atoms with Crippen LogP contribution in [0.5, 0.6) is 0 Å². The quantitative estimate of drug-likeness (QED) is 0.696. The second-order valence-electron chi connectivity index (χ2n) is 5.07. The van der Waals surface area contributed by atoms with E-state index in [1.165, 1.54) is 18.4 Å². The van der Waals surface area contributed by atoms with Crippen molar-refractivity contribution in [2.45, 2.75) is 40.0 Å². The lowest BCUT2D eigenvalue weighted by Crippen LogP contribution is -2.23. The third-order valence-corrected chi connectivity index (χ3v) is 3.40. The number of rotatable bonds is 2. The van der Waals surface area contributed by atoms with Crippen LogP contribution in [0.4, 0.5) is 0 Å². The van der Waals surface area contributed by atoms with Crippen LogP contribution < -0.4 is 5.32 Å². The molecule has 0 aromatic heterocycles. The molecule has 0 bridgehead atoms. The number of nitrogens with one attached hydrogen (secondary N) is 1. The van der Waals surface area contributed by atoms with E-state index < -0.39 is 0 Å². The molecule has 1 saturated carbocycles. The molecule has 1 amide bonds. The standard InChI is InChI=1S/C13H23NO/c1-9(2)12-6-5-10(3)7-11(12)8-13(15)14-4/h8-10,12H,5-7H2,1-4H3,(H,14,15)/b11-8+. The minimum Gasteiger partial charge on any atom is -0.356 e. The van der Waals surface area contributed by atoms with Gasteiger partial charge in [-0.2, -0.15) is 0 Å². The summed E-state index contributed by atoms with van der Waals surface area (Å²) >= 11 is 0. The molecule has 0 spiro atoms. The Kier molecular flexibility index (Phi) is 4.37. The Labute approximate surface area is 93.1 Å². The minimum atomic E-state index is 0.0461. The van der Waals surface area contributed by atoms with Crippen LogP contribution in [0.25, 0.3) is 0 Å². The van der Waals surface area contributed by atoms with Gasteiger partial charge in [-0.3, -0.25) is 4.79 Å². The molecule has 2 nitrogen and oxygen atoms in total. The first-order valence-corrected chi connectivity index (χ1v) is 5.96. The molecule has 1 fully saturated rings. The molecule has 0 aromatic rings. The van der Waals surface area contributed by atoms with Gasteiger partial charge >= 0.3 is 0 Å². The number of amides is 1. The van der Waals surface area contributed by atoms with Gasteiger partial charge in [0.25, 0.3) is 0 Å². The highest BCUT2D eigenvalue weighted by Crippen LogP contribution is 2.37. The number of allylic oxidation sites excluding steroid dienone is 1. The molecule has 0 saturated heterocycles. The molecular formula is C13H23NO. The highest BCUT2D eigenvalue weighted by atomic mass is 16.1. The number of carbonyl (C=O) groups is 1. The van der Waals surface area contributed by atoms with Crippen LogP contribution in [0, 0.1) is 17.8 Å². The average Bonchev–Trinajstić information content (AvgIpc) is 2.17.